The summed E-state index contributed by atoms with van der Waals surface area (Å²) in [6.07, 6.45) is 2.51. The van der Waals surface area contributed by atoms with Gasteiger partial charge in [-0.1, -0.05) is 44.9 Å². The molecule has 0 amide bonds. The third kappa shape index (κ3) is 5.23. The van der Waals surface area contributed by atoms with Gasteiger partial charge in [0.2, 0.25) is 0 Å². The Hall–Kier alpha value is -1.02. The first-order valence-electron chi connectivity index (χ1n) is 7.66. The molecule has 108 valence electrons. The summed E-state index contributed by atoms with van der Waals surface area (Å²) in [7, 11) is 0. The highest BCUT2D eigenvalue weighted by Gasteiger charge is 2.10. The number of hydrogen-bond acceptors (Lipinski definition) is 2. The van der Waals surface area contributed by atoms with Crippen molar-refractivity contribution < 1.29 is 0 Å². The highest BCUT2D eigenvalue weighted by molar-refractivity contribution is 5.55. The molecule has 0 bridgehead atoms. The average molecular weight is 262 g/mol. The van der Waals surface area contributed by atoms with Gasteiger partial charge in [0.05, 0.1) is 0 Å². The van der Waals surface area contributed by atoms with Crippen molar-refractivity contribution in [2.45, 2.75) is 60.0 Å². The first-order chi connectivity index (χ1) is 9.08. The number of unbranched alkanes of at least 4 members (excludes halogenated alkanes) is 1. The molecule has 1 aromatic carbocycles. The second kappa shape index (κ2) is 8.21. The van der Waals surface area contributed by atoms with Crippen LogP contribution in [0.2, 0.25) is 0 Å². The first kappa shape index (κ1) is 16.0. The highest BCUT2D eigenvalue weighted by atomic mass is 15.1. The zero-order chi connectivity index (χ0) is 14.3. The van der Waals surface area contributed by atoms with E-state index in [4.69, 9.17) is 0 Å². The van der Waals surface area contributed by atoms with Crippen LogP contribution in [-0.2, 0) is 6.54 Å². The summed E-state index contributed by atoms with van der Waals surface area (Å²) in [6, 6.07) is 7.35. The smallest absolute Gasteiger partial charge is 0.0411 e. The lowest BCUT2D eigenvalue weighted by Gasteiger charge is -2.26. The second-order valence-electron chi connectivity index (χ2n) is 5.60. The van der Waals surface area contributed by atoms with Crippen molar-refractivity contribution >= 4 is 5.69 Å². The molecular formula is C17H30N2. The van der Waals surface area contributed by atoms with Crippen LogP contribution < -0.4 is 10.2 Å². The molecule has 0 aliphatic heterocycles. The molecule has 0 heterocycles. The van der Waals surface area contributed by atoms with Gasteiger partial charge >= 0.3 is 0 Å². The first-order valence-corrected chi connectivity index (χ1v) is 7.66. The lowest BCUT2D eigenvalue weighted by atomic mass is 10.1. The summed E-state index contributed by atoms with van der Waals surface area (Å²) in [5.41, 5.74) is 4.16. The van der Waals surface area contributed by atoms with Crippen molar-refractivity contribution in [3.8, 4) is 0 Å². The van der Waals surface area contributed by atoms with E-state index in [0.29, 0.717) is 6.04 Å². The SMILES string of the molecule is CCCCN(CC)c1ccc(C)cc1CNC(C)C. The number of nitrogens with zero attached hydrogens (tertiary/aromatic N) is 1. The third-order valence-corrected chi connectivity index (χ3v) is 3.44. The minimum absolute atomic E-state index is 0.527. The van der Waals surface area contributed by atoms with Crippen LogP contribution in [0.25, 0.3) is 0 Å². The Morgan fingerprint density at radius 3 is 2.53 bits per heavy atom. The van der Waals surface area contributed by atoms with Crippen LogP contribution >= 0.6 is 0 Å². The maximum absolute atomic E-state index is 3.54. The molecule has 1 rings (SSSR count). The fourth-order valence-electron chi connectivity index (χ4n) is 2.28. The molecule has 19 heavy (non-hydrogen) atoms. The summed E-state index contributed by atoms with van der Waals surface area (Å²) in [5, 5.41) is 3.54. The van der Waals surface area contributed by atoms with Gasteiger partial charge in [-0.15, -0.1) is 0 Å². The van der Waals surface area contributed by atoms with E-state index >= 15 is 0 Å². The molecule has 0 radical (unpaired) electrons. The zero-order valence-electron chi connectivity index (χ0n) is 13.3. The minimum atomic E-state index is 0.527. The average Bonchev–Trinajstić information content (AvgIpc) is 2.38. The number of benzene rings is 1. The molecule has 1 aromatic rings. The molecule has 0 spiro atoms. The van der Waals surface area contributed by atoms with Gasteiger partial charge in [-0.25, -0.2) is 0 Å². The van der Waals surface area contributed by atoms with Crippen molar-refractivity contribution in [1.29, 1.82) is 0 Å². The molecule has 2 heteroatoms. The van der Waals surface area contributed by atoms with E-state index in [0.717, 1.165) is 19.6 Å². The topological polar surface area (TPSA) is 15.3 Å². The van der Waals surface area contributed by atoms with Gasteiger partial charge < -0.3 is 10.2 Å². The summed E-state index contributed by atoms with van der Waals surface area (Å²) in [4.78, 5) is 2.50. The molecule has 0 aromatic heterocycles. The Balaban J connectivity index is 2.89. The lowest BCUT2D eigenvalue weighted by molar-refractivity contribution is 0.587. The van der Waals surface area contributed by atoms with E-state index in [1.807, 2.05) is 0 Å². The van der Waals surface area contributed by atoms with Crippen LogP contribution in [0.5, 0.6) is 0 Å². The van der Waals surface area contributed by atoms with Crippen molar-refractivity contribution in [3.63, 3.8) is 0 Å². The van der Waals surface area contributed by atoms with Gasteiger partial charge in [-0.05, 0) is 31.9 Å². The summed E-state index contributed by atoms with van der Waals surface area (Å²) >= 11 is 0. The maximum Gasteiger partial charge on any atom is 0.0411 e. The van der Waals surface area contributed by atoms with Crippen LogP contribution in [-0.4, -0.2) is 19.1 Å². The fourth-order valence-corrected chi connectivity index (χ4v) is 2.28. The Labute approximate surface area is 119 Å². The van der Waals surface area contributed by atoms with E-state index in [1.54, 1.807) is 0 Å². The van der Waals surface area contributed by atoms with Crippen molar-refractivity contribution in [3.05, 3.63) is 29.3 Å². The minimum Gasteiger partial charge on any atom is -0.372 e. The third-order valence-electron chi connectivity index (χ3n) is 3.44. The highest BCUT2D eigenvalue weighted by Crippen LogP contribution is 2.22. The molecule has 2 nitrogen and oxygen atoms in total. The number of aryl methyl sites for hydroxylation is 1. The number of rotatable bonds is 8. The van der Waals surface area contributed by atoms with Crippen LogP contribution in [0.4, 0.5) is 5.69 Å². The van der Waals surface area contributed by atoms with Crippen LogP contribution in [0.1, 0.15) is 51.7 Å². The van der Waals surface area contributed by atoms with E-state index in [-0.39, 0.29) is 0 Å². The quantitative estimate of drug-likeness (QED) is 0.758. The van der Waals surface area contributed by atoms with Gasteiger partial charge in [0.1, 0.15) is 0 Å². The molecular weight excluding hydrogens is 232 g/mol. The molecule has 0 fully saturated rings. The molecule has 0 aliphatic carbocycles. The van der Waals surface area contributed by atoms with Crippen LogP contribution in [0, 0.1) is 6.92 Å². The predicted molar refractivity (Wildman–Crippen MR) is 85.9 cm³/mol. The Morgan fingerprint density at radius 1 is 1.21 bits per heavy atom. The van der Waals surface area contributed by atoms with Gasteiger partial charge in [0, 0.05) is 31.4 Å². The van der Waals surface area contributed by atoms with Crippen molar-refractivity contribution in [2.24, 2.45) is 0 Å². The Bertz CT molecular complexity index is 372. The van der Waals surface area contributed by atoms with Crippen LogP contribution in [0.15, 0.2) is 18.2 Å². The summed E-state index contributed by atoms with van der Waals surface area (Å²) < 4.78 is 0. The van der Waals surface area contributed by atoms with Crippen molar-refractivity contribution in [2.75, 3.05) is 18.0 Å². The van der Waals surface area contributed by atoms with E-state index < -0.39 is 0 Å². The molecule has 0 saturated carbocycles. The fraction of sp³-hybridized carbons (Fsp3) is 0.647. The Kier molecular flexibility index (Phi) is 6.93. The number of hydrogen-bond donors (Lipinski definition) is 1. The van der Waals surface area contributed by atoms with Gasteiger partial charge in [0.25, 0.3) is 0 Å². The van der Waals surface area contributed by atoms with E-state index in [1.165, 1.54) is 29.7 Å². The number of nitrogens with one attached hydrogen (secondary N) is 1. The van der Waals surface area contributed by atoms with E-state index in [2.05, 4.69) is 63.0 Å². The summed E-state index contributed by atoms with van der Waals surface area (Å²) in [6.45, 7) is 14.3. The monoisotopic (exact) mass is 262 g/mol. The Morgan fingerprint density at radius 2 is 1.95 bits per heavy atom. The second-order valence-corrected chi connectivity index (χ2v) is 5.60. The molecule has 0 atom stereocenters. The number of anilines is 1. The normalized spacial score (nSPS) is 11.1. The molecule has 0 saturated heterocycles. The lowest BCUT2D eigenvalue weighted by Crippen LogP contribution is -2.27. The molecule has 1 N–H and O–H groups in total. The van der Waals surface area contributed by atoms with Crippen molar-refractivity contribution in [1.82, 2.24) is 5.32 Å². The van der Waals surface area contributed by atoms with E-state index in [9.17, 15) is 0 Å². The zero-order valence-corrected chi connectivity index (χ0v) is 13.3. The standard InChI is InChI=1S/C17H30N2/c1-6-8-11-19(7-2)17-10-9-15(5)12-16(17)13-18-14(3)4/h9-10,12,14,18H,6-8,11,13H2,1-5H3. The maximum atomic E-state index is 3.54. The van der Waals surface area contributed by atoms with Gasteiger partial charge in [-0.3, -0.25) is 0 Å². The predicted octanol–water partition coefficient (Wildman–Crippen LogP) is 4.12. The van der Waals surface area contributed by atoms with Gasteiger partial charge in [0.15, 0.2) is 0 Å². The molecule has 0 aliphatic rings. The van der Waals surface area contributed by atoms with Gasteiger partial charge in [-0.2, -0.15) is 0 Å². The van der Waals surface area contributed by atoms with Crippen LogP contribution in [0.3, 0.4) is 0 Å². The summed E-state index contributed by atoms with van der Waals surface area (Å²) in [5.74, 6) is 0. The largest absolute Gasteiger partial charge is 0.372 e. The molecule has 0 unspecified atom stereocenters.